The summed E-state index contributed by atoms with van der Waals surface area (Å²) in [6, 6.07) is 14.0. The second kappa shape index (κ2) is 9.03. The number of benzene rings is 2. The van der Waals surface area contributed by atoms with E-state index in [0.717, 1.165) is 34.7 Å². The molecule has 0 fully saturated rings. The molecule has 0 saturated heterocycles. The second-order valence-corrected chi connectivity index (χ2v) is 7.05. The van der Waals surface area contributed by atoms with Gasteiger partial charge >= 0.3 is 0 Å². The molecule has 1 aromatic heterocycles. The molecule has 0 spiro atoms. The van der Waals surface area contributed by atoms with Gasteiger partial charge in [-0.1, -0.05) is 18.2 Å². The fraction of sp³-hybridized carbons (Fsp3) is 0.333. The predicted molar refractivity (Wildman–Crippen MR) is 110 cm³/mol. The standard InChI is InChI=1S/C21H25N3O3S/c1-5-26-18-11-10-16(12-19(18)25-4)13-23(3)14-24-21(28)27-20(22-24)17-9-7-6-8-15(17)2/h6-12H,5,13-14H2,1-4H3/p+1. The van der Waals surface area contributed by atoms with Crippen molar-refractivity contribution < 1.29 is 18.8 Å². The van der Waals surface area contributed by atoms with Crippen LogP contribution in [0.15, 0.2) is 46.9 Å². The minimum absolute atomic E-state index is 0.377. The Morgan fingerprint density at radius 3 is 2.68 bits per heavy atom. The first-order chi connectivity index (χ1) is 13.5. The van der Waals surface area contributed by atoms with E-state index in [0.29, 0.717) is 24.0 Å². The highest BCUT2D eigenvalue weighted by atomic mass is 32.1. The Labute approximate surface area is 170 Å². The monoisotopic (exact) mass is 400 g/mol. The summed E-state index contributed by atoms with van der Waals surface area (Å²) >= 11 is 5.37. The van der Waals surface area contributed by atoms with Crippen LogP contribution in [0.2, 0.25) is 0 Å². The summed E-state index contributed by atoms with van der Waals surface area (Å²) in [5, 5.41) is 4.57. The Kier molecular flexibility index (Phi) is 6.49. The quantitative estimate of drug-likeness (QED) is 0.588. The highest BCUT2D eigenvalue weighted by Gasteiger charge is 2.14. The lowest BCUT2D eigenvalue weighted by Crippen LogP contribution is -3.07. The molecule has 0 aliphatic heterocycles. The van der Waals surface area contributed by atoms with E-state index in [-0.39, 0.29) is 0 Å². The molecule has 0 amide bonds. The molecule has 148 valence electrons. The van der Waals surface area contributed by atoms with Gasteiger partial charge in [0.1, 0.15) is 6.54 Å². The molecule has 1 atom stereocenters. The van der Waals surface area contributed by atoms with Gasteiger partial charge in [-0.15, -0.1) is 5.10 Å². The fourth-order valence-corrected chi connectivity index (χ4v) is 3.27. The van der Waals surface area contributed by atoms with E-state index in [1.807, 2.05) is 50.2 Å². The normalized spacial score (nSPS) is 12.0. The summed E-state index contributed by atoms with van der Waals surface area (Å²) < 4.78 is 18.5. The molecule has 28 heavy (non-hydrogen) atoms. The van der Waals surface area contributed by atoms with E-state index in [2.05, 4.69) is 18.2 Å². The summed E-state index contributed by atoms with van der Waals surface area (Å²) in [7, 11) is 3.74. The van der Waals surface area contributed by atoms with Crippen LogP contribution in [-0.2, 0) is 13.2 Å². The first-order valence-corrected chi connectivity index (χ1v) is 9.67. The average molecular weight is 401 g/mol. The van der Waals surface area contributed by atoms with Gasteiger partial charge in [-0.05, 0) is 55.9 Å². The number of hydrogen-bond donors (Lipinski definition) is 1. The van der Waals surface area contributed by atoms with Crippen LogP contribution in [0.5, 0.6) is 11.5 Å². The third-order valence-electron chi connectivity index (χ3n) is 4.44. The lowest BCUT2D eigenvalue weighted by molar-refractivity contribution is -0.917. The van der Waals surface area contributed by atoms with Gasteiger partial charge in [0.2, 0.25) is 5.89 Å². The molecule has 0 saturated carbocycles. The Balaban J connectivity index is 1.73. The van der Waals surface area contributed by atoms with Crippen LogP contribution in [0.3, 0.4) is 0 Å². The van der Waals surface area contributed by atoms with Crippen molar-refractivity contribution >= 4 is 12.2 Å². The Morgan fingerprint density at radius 2 is 1.96 bits per heavy atom. The number of nitrogens with one attached hydrogen (secondary N) is 1. The summed E-state index contributed by atoms with van der Waals surface area (Å²) in [5.74, 6) is 2.05. The maximum absolute atomic E-state index is 5.73. The molecule has 0 radical (unpaired) electrons. The number of ether oxygens (including phenoxy) is 2. The van der Waals surface area contributed by atoms with Gasteiger partial charge in [0.15, 0.2) is 18.2 Å². The average Bonchev–Trinajstić information content (AvgIpc) is 3.03. The SMILES string of the molecule is CCOc1ccc(C[NH+](C)Cn2nc(-c3ccccc3C)oc2=S)cc1OC. The van der Waals surface area contributed by atoms with Crippen molar-refractivity contribution in [3.8, 4) is 23.0 Å². The number of aryl methyl sites for hydroxylation is 1. The van der Waals surface area contributed by atoms with Crippen molar-refractivity contribution in [2.24, 2.45) is 0 Å². The van der Waals surface area contributed by atoms with Crippen molar-refractivity contribution in [3.05, 3.63) is 58.4 Å². The van der Waals surface area contributed by atoms with Crippen LogP contribution >= 0.6 is 12.2 Å². The third kappa shape index (κ3) is 4.61. The summed E-state index contributed by atoms with van der Waals surface area (Å²) in [4.78, 5) is 1.59. The van der Waals surface area contributed by atoms with Crippen LogP contribution < -0.4 is 14.4 Å². The van der Waals surface area contributed by atoms with E-state index >= 15 is 0 Å². The van der Waals surface area contributed by atoms with Crippen molar-refractivity contribution in [1.29, 1.82) is 0 Å². The molecule has 0 aliphatic rings. The second-order valence-electron chi connectivity index (χ2n) is 6.70. The number of nitrogens with zero attached hydrogens (tertiary/aromatic N) is 2. The van der Waals surface area contributed by atoms with Crippen LogP contribution in [0, 0.1) is 11.8 Å². The lowest BCUT2D eigenvalue weighted by atomic mass is 10.1. The van der Waals surface area contributed by atoms with Crippen molar-refractivity contribution in [3.63, 3.8) is 0 Å². The van der Waals surface area contributed by atoms with E-state index in [9.17, 15) is 0 Å². The van der Waals surface area contributed by atoms with Crippen LogP contribution in [0.1, 0.15) is 18.1 Å². The fourth-order valence-electron chi connectivity index (χ4n) is 3.08. The van der Waals surface area contributed by atoms with Crippen LogP contribution in [0.4, 0.5) is 0 Å². The van der Waals surface area contributed by atoms with Crippen LogP contribution in [-0.4, -0.2) is 30.5 Å². The van der Waals surface area contributed by atoms with Crippen molar-refractivity contribution in [1.82, 2.24) is 9.78 Å². The molecule has 1 N–H and O–H groups in total. The highest BCUT2D eigenvalue weighted by Crippen LogP contribution is 2.27. The van der Waals surface area contributed by atoms with Gasteiger partial charge in [0.25, 0.3) is 4.84 Å². The largest absolute Gasteiger partial charge is 0.493 e. The Morgan fingerprint density at radius 1 is 1.18 bits per heavy atom. The molecule has 6 nitrogen and oxygen atoms in total. The number of quaternary nitrogens is 1. The summed E-state index contributed by atoms with van der Waals surface area (Å²) in [5.41, 5.74) is 3.21. The molecule has 3 aromatic rings. The maximum Gasteiger partial charge on any atom is 0.292 e. The zero-order valence-electron chi connectivity index (χ0n) is 16.7. The van der Waals surface area contributed by atoms with Gasteiger partial charge in [-0.25, -0.2) is 0 Å². The molecule has 0 aliphatic carbocycles. The first kappa shape index (κ1) is 20.1. The predicted octanol–water partition coefficient (Wildman–Crippen LogP) is 3.26. The zero-order chi connectivity index (χ0) is 20.1. The van der Waals surface area contributed by atoms with Crippen molar-refractivity contribution in [2.45, 2.75) is 27.1 Å². The molecule has 1 heterocycles. The minimum atomic E-state index is 0.377. The van der Waals surface area contributed by atoms with Crippen LogP contribution in [0.25, 0.3) is 11.5 Å². The molecular formula is C21H26N3O3S+. The molecule has 3 rings (SSSR count). The lowest BCUT2D eigenvalue weighted by Gasteiger charge is -2.15. The van der Waals surface area contributed by atoms with Gasteiger partial charge in [-0.3, -0.25) is 0 Å². The van der Waals surface area contributed by atoms with Crippen molar-refractivity contribution in [2.75, 3.05) is 20.8 Å². The highest BCUT2D eigenvalue weighted by molar-refractivity contribution is 7.71. The van der Waals surface area contributed by atoms with Gasteiger partial charge in [0, 0.05) is 11.1 Å². The van der Waals surface area contributed by atoms with E-state index in [1.165, 1.54) is 4.90 Å². The number of methoxy groups -OCH3 is 1. The molecular weight excluding hydrogens is 374 g/mol. The molecule has 7 heteroatoms. The molecule has 2 aromatic carbocycles. The van der Waals surface area contributed by atoms with Gasteiger partial charge in [0.05, 0.1) is 20.8 Å². The minimum Gasteiger partial charge on any atom is -0.493 e. The van der Waals surface area contributed by atoms with E-state index in [4.69, 9.17) is 26.1 Å². The summed E-state index contributed by atoms with van der Waals surface area (Å²) in [6.45, 7) is 5.98. The Hall–Kier alpha value is -2.64. The third-order valence-corrected chi connectivity index (χ3v) is 4.73. The van der Waals surface area contributed by atoms with E-state index in [1.54, 1.807) is 11.8 Å². The van der Waals surface area contributed by atoms with Gasteiger partial charge in [-0.2, -0.15) is 4.68 Å². The summed E-state index contributed by atoms with van der Waals surface area (Å²) in [6.07, 6.45) is 0. The Bertz CT molecular complexity index is 997. The number of aromatic nitrogens is 2. The topological polar surface area (TPSA) is 53.9 Å². The van der Waals surface area contributed by atoms with Gasteiger partial charge < -0.3 is 18.8 Å². The van der Waals surface area contributed by atoms with E-state index < -0.39 is 0 Å². The molecule has 1 unspecified atom stereocenters. The zero-order valence-corrected chi connectivity index (χ0v) is 17.5. The smallest absolute Gasteiger partial charge is 0.292 e. The number of rotatable bonds is 8. The maximum atomic E-state index is 5.73. The number of hydrogen-bond acceptors (Lipinski definition) is 5. The first-order valence-electron chi connectivity index (χ1n) is 9.26. The molecule has 0 bridgehead atoms.